The first kappa shape index (κ1) is 14.4. The minimum absolute atomic E-state index is 0.00338. The molecule has 0 unspecified atom stereocenters. The number of carbonyl (C=O) groups is 2. The van der Waals surface area contributed by atoms with E-state index >= 15 is 0 Å². The van der Waals surface area contributed by atoms with Crippen molar-refractivity contribution in [3.63, 3.8) is 0 Å². The van der Waals surface area contributed by atoms with E-state index in [0.29, 0.717) is 11.3 Å². The summed E-state index contributed by atoms with van der Waals surface area (Å²) in [5, 5.41) is 8.98. The van der Waals surface area contributed by atoms with Gasteiger partial charge in [0.05, 0.1) is 6.42 Å². The molecular weight excluding hydrogens is 244 g/mol. The lowest BCUT2D eigenvalue weighted by atomic mass is 9.76. The van der Waals surface area contributed by atoms with Gasteiger partial charge in [-0.25, -0.2) is 0 Å². The topological polar surface area (TPSA) is 63.6 Å². The fourth-order valence-electron chi connectivity index (χ4n) is 3.83. The van der Waals surface area contributed by atoms with Gasteiger partial charge in [0.2, 0.25) is 0 Å². The number of esters is 1. The molecule has 108 valence electrons. The van der Waals surface area contributed by atoms with E-state index < -0.39 is 5.97 Å². The second kappa shape index (κ2) is 5.51. The molecule has 0 amide bonds. The Bertz CT molecular complexity index is 365. The van der Waals surface area contributed by atoms with Gasteiger partial charge in [-0.15, -0.1) is 0 Å². The second-order valence-electron chi connectivity index (χ2n) is 6.31. The first-order valence-electron chi connectivity index (χ1n) is 7.36. The van der Waals surface area contributed by atoms with Crippen LogP contribution >= 0.6 is 0 Å². The Hall–Kier alpha value is -1.06. The summed E-state index contributed by atoms with van der Waals surface area (Å²) in [5.74, 6) is -0.409. The zero-order valence-electron chi connectivity index (χ0n) is 11.9. The third-order valence-electron chi connectivity index (χ3n) is 4.86. The van der Waals surface area contributed by atoms with Crippen molar-refractivity contribution in [1.29, 1.82) is 0 Å². The maximum absolute atomic E-state index is 11.2. The van der Waals surface area contributed by atoms with E-state index in [-0.39, 0.29) is 24.4 Å². The van der Waals surface area contributed by atoms with Crippen LogP contribution in [-0.4, -0.2) is 23.1 Å². The minimum Gasteiger partial charge on any atom is -0.481 e. The molecule has 0 radical (unpaired) electrons. The first-order chi connectivity index (χ1) is 8.97. The zero-order chi connectivity index (χ0) is 14.0. The summed E-state index contributed by atoms with van der Waals surface area (Å²) < 4.78 is 5.40. The maximum atomic E-state index is 11.2. The molecule has 2 saturated carbocycles. The summed E-state index contributed by atoms with van der Waals surface area (Å²) in [7, 11) is 0. The number of carboxylic acids is 1. The highest BCUT2D eigenvalue weighted by Gasteiger charge is 2.59. The van der Waals surface area contributed by atoms with Gasteiger partial charge in [0.1, 0.15) is 6.10 Å². The highest BCUT2D eigenvalue weighted by atomic mass is 16.5. The Labute approximate surface area is 114 Å². The molecular formula is C15H24O4. The van der Waals surface area contributed by atoms with Crippen molar-refractivity contribution in [2.45, 2.75) is 64.9 Å². The monoisotopic (exact) mass is 268 g/mol. The number of unbranched alkanes of at least 4 members (excludes halogenated alkanes) is 1. The normalized spacial score (nSPS) is 36.4. The van der Waals surface area contributed by atoms with Crippen molar-refractivity contribution in [2.24, 2.45) is 17.3 Å². The molecule has 0 aromatic rings. The molecule has 0 bridgehead atoms. The number of carboxylic acid groups (broad SMARTS) is 1. The molecule has 2 rings (SSSR count). The Morgan fingerprint density at radius 2 is 2.11 bits per heavy atom. The predicted molar refractivity (Wildman–Crippen MR) is 70.6 cm³/mol. The van der Waals surface area contributed by atoms with Gasteiger partial charge in [0.25, 0.3) is 0 Å². The molecule has 0 aromatic heterocycles. The van der Waals surface area contributed by atoms with Crippen molar-refractivity contribution in [3.8, 4) is 0 Å². The number of carbonyl (C=O) groups excluding carboxylic acids is 1. The summed E-state index contributed by atoms with van der Waals surface area (Å²) >= 11 is 0. The van der Waals surface area contributed by atoms with Gasteiger partial charge in [0, 0.05) is 12.8 Å². The molecule has 2 aliphatic rings. The third kappa shape index (κ3) is 3.28. The molecule has 1 N–H and O–H groups in total. The average Bonchev–Trinajstić information content (AvgIpc) is 2.98. The average molecular weight is 268 g/mol. The molecule has 4 nitrogen and oxygen atoms in total. The van der Waals surface area contributed by atoms with Crippen LogP contribution in [-0.2, 0) is 14.3 Å². The smallest absolute Gasteiger partial charge is 0.303 e. The Morgan fingerprint density at radius 1 is 1.37 bits per heavy atom. The molecule has 0 saturated heterocycles. The first-order valence-corrected chi connectivity index (χ1v) is 7.36. The Kier molecular flexibility index (Phi) is 4.16. The van der Waals surface area contributed by atoms with Crippen molar-refractivity contribution in [3.05, 3.63) is 0 Å². The third-order valence-corrected chi connectivity index (χ3v) is 4.86. The van der Waals surface area contributed by atoms with Gasteiger partial charge in [-0.2, -0.15) is 0 Å². The van der Waals surface area contributed by atoms with Crippen LogP contribution in [0.3, 0.4) is 0 Å². The van der Waals surface area contributed by atoms with Crippen LogP contribution in [0.1, 0.15) is 58.8 Å². The SMILES string of the molecule is CCCC[C@@]12C[C@@H]1C[C@H](CC(=O)O)[C@H](OC(C)=O)C2. The number of ether oxygens (including phenoxy) is 1. The molecule has 0 aliphatic heterocycles. The number of fused-ring (bicyclic) bond motifs is 1. The fraction of sp³-hybridized carbons (Fsp3) is 0.867. The van der Waals surface area contributed by atoms with Gasteiger partial charge in [-0.05, 0) is 37.0 Å². The van der Waals surface area contributed by atoms with Crippen LogP contribution in [0.15, 0.2) is 0 Å². The van der Waals surface area contributed by atoms with Crippen molar-refractivity contribution in [1.82, 2.24) is 0 Å². The highest BCUT2D eigenvalue weighted by Crippen LogP contribution is 2.65. The van der Waals surface area contributed by atoms with Crippen LogP contribution < -0.4 is 0 Å². The fourth-order valence-corrected chi connectivity index (χ4v) is 3.83. The minimum atomic E-state index is -0.788. The predicted octanol–water partition coefficient (Wildman–Crippen LogP) is 3.00. The molecule has 2 fully saturated rings. The molecule has 19 heavy (non-hydrogen) atoms. The lowest BCUT2D eigenvalue weighted by molar-refractivity contribution is -0.155. The van der Waals surface area contributed by atoms with E-state index in [2.05, 4.69) is 6.92 Å². The lowest BCUT2D eigenvalue weighted by Crippen LogP contribution is -2.35. The zero-order valence-corrected chi connectivity index (χ0v) is 11.9. The standard InChI is InChI=1S/C15H24O4/c1-3-4-5-15-8-12(15)6-11(7-14(17)18)13(9-15)19-10(2)16/h11-13H,3-9H2,1-2H3,(H,17,18)/t11-,12+,13-,15+/m1/s1. The molecule has 0 aromatic carbocycles. The van der Waals surface area contributed by atoms with E-state index in [4.69, 9.17) is 9.84 Å². The summed E-state index contributed by atoms with van der Waals surface area (Å²) in [6.45, 7) is 3.60. The number of hydrogen-bond donors (Lipinski definition) is 1. The summed E-state index contributed by atoms with van der Waals surface area (Å²) in [5.41, 5.74) is 0.352. The lowest BCUT2D eigenvalue weighted by Gasteiger charge is -2.34. The largest absolute Gasteiger partial charge is 0.481 e. The second-order valence-corrected chi connectivity index (χ2v) is 6.31. The highest BCUT2D eigenvalue weighted by molar-refractivity contribution is 5.68. The van der Waals surface area contributed by atoms with E-state index in [1.54, 1.807) is 0 Å². The van der Waals surface area contributed by atoms with Crippen molar-refractivity contribution in [2.75, 3.05) is 0 Å². The molecule has 0 spiro atoms. The maximum Gasteiger partial charge on any atom is 0.303 e. The van der Waals surface area contributed by atoms with E-state index in [1.807, 2.05) is 0 Å². The van der Waals surface area contributed by atoms with E-state index in [0.717, 1.165) is 12.8 Å². The quantitative estimate of drug-likeness (QED) is 0.752. The van der Waals surface area contributed by atoms with Crippen molar-refractivity contribution >= 4 is 11.9 Å². The summed E-state index contributed by atoms with van der Waals surface area (Å²) in [6, 6.07) is 0. The van der Waals surface area contributed by atoms with Crippen LogP contribution in [0.25, 0.3) is 0 Å². The van der Waals surface area contributed by atoms with E-state index in [1.165, 1.54) is 32.6 Å². The van der Waals surface area contributed by atoms with Gasteiger partial charge in [0.15, 0.2) is 0 Å². The Morgan fingerprint density at radius 3 is 2.68 bits per heavy atom. The summed E-state index contributed by atoms with van der Waals surface area (Å²) in [4.78, 5) is 22.1. The van der Waals surface area contributed by atoms with E-state index in [9.17, 15) is 9.59 Å². The molecule has 2 aliphatic carbocycles. The van der Waals surface area contributed by atoms with Crippen LogP contribution in [0.2, 0.25) is 0 Å². The van der Waals surface area contributed by atoms with Gasteiger partial charge >= 0.3 is 11.9 Å². The molecule has 0 heterocycles. The number of aliphatic carboxylic acids is 1. The number of rotatable bonds is 6. The van der Waals surface area contributed by atoms with Gasteiger partial charge in [-0.1, -0.05) is 19.8 Å². The number of hydrogen-bond acceptors (Lipinski definition) is 3. The molecule has 4 atom stereocenters. The van der Waals surface area contributed by atoms with Gasteiger partial charge in [-0.3, -0.25) is 9.59 Å². The molecule has 4 heteroatoms. The van der Waals surface area contributed by atoms with Crippen LogP contribution in [0, 0.1) is 17.3 Å². The van der Waals surface area contributed by atoms with Crippen LogP contribution in [0.4, 0.5) is 0 Å². The van der Waals surface area contributed by atoms with Crippen LogP contribution in [0.5, 0.6) is 0 Å². The van der Waals surface area contributed by atoms with Gasteiger partial charge < -0.3 is 9.84 Å². The van der Waals surface area contributed by atoms with Crippen molar-refractivity contribution < 1.29 is 19.4 Å². The Balaban J connectivity index is 2.01. The summed E-state index contributed by atoms with van der Waals surface area (Å²) in [6.07, 6.45) is 6.51.